The molecule has 0 bridgehead atoms. The van der Waals surface area contributed by atoms with Crippen molar-refractivity contribution < 1.29 is 14.3 Å². The minimum atomic E-state index is -0.566. The van der Waals surface area contributed by atoms with E-state index in [1.807, 2.05) is 54.7 Å². The lowest BCUT2D eigenvalue weighted by Gasteiger charge is -2.09. The van der Waals surface area contributed by atoms with Gasteiger partial charge in [0.15, 0.2) is 5.78 Å². The fraction of sp³-hybridized carbons (Fsp3) is 0.0333. The van der Waals surface area contributed by atoms with Gasteiger partial charge >= 0.3 is 5.97 Å². The Morgan fingerprint density at radius 2 is 1.40 bits per heavy atom. The number of allylic oxidation sites excluding steroid dienone is 1. The van der Waals surface area contributed by atoms with E-state index >= 15 is 0 Å². The molecule has 5 aromatic rings. The monoisotopic (exact) mass is 458 g/mol. The van der Waals surface area contributed by atoms with Gasteiger partial charge in [0.1, 0.15) is 5.65 Å². The number of carbonyl (C=O) groups excluding carboxylic acids is 2. The highest BCUT2D eigenvalue weighted by Gasteiger charge is 2.13. The average molecular weight is 459 g/mol. The van der Waals surface area contributed by atoms with Crippen LogP contribution in [-0.2, 0) is 9.53 Å². The summed E-state index contributed by atoms with van der Waals surface area (Å²) in [5.74, 6) is -0.834. The molecule has 0 saturated heterocycles. The Kier molecular flexibility index (Phi) is 6.05. The van der Waals surface area contributed by atoms with Crippen LogP contribution in [0, 0.1) is 0 Å². The summed E-state index contributed by atoms with van der Waals surface area (Å²) in [4.78, 5) is 28.5. The maximum atomic E-state index is 12.3. The molecule has 0 spiro atoms. The quantitative estimate of drug-likeness (QED) is 0.171. The smallest absolute Gasteiger partial charge is 0.330 e. The highest BCUT2D eigenvalue weighted by molar-refractivity contribution is 6.07. The lowest BCUT2D eigenvalue weighted by atomic mass is 10.0. The third-order valence-electron chi connectivity index (χ3n) is 5.78. The molecule has 5 rings (SSSR count). The second kappa shape index (κ2) is 9.61. The van der Waals surface area contributed by atoms with Gasteiger partial charge in [-0.05, 0) is 28.8 Å². The number of rotatable bonds is 6. The zero-order chi connectivity index (χ0) is 24.2. The van der Waals surface area contributed by atoms with Crippen LogP contribution in [-0.4, -0.2) is 28.2 Å². The number of ether oxygens (including phenoxy) is 1. The third-order valence-corrected chi connectivity index (χ3v) is 5.78. The van der Waals surface area contributed by atoms with Crippen LogP contribution in [0.2, 0.25) is 0 Å². The Labute approximate surface area is 203 Å². The zero-order valence-electron chi connectivity index (χ0n) is 19.1. The molecule has 0 aliphatic carbocycles. The number of fused-ring (bicyclic) bond motifs is 1. The SMILES string of the molecule is COC(=O)C=CC(=O)c1ccc(-c2cn3cc(-c4ccccc4)cc(-c4ccccc4)c3n2)cc1. The number of esters is 1. The third kappa shape index (κ3) is 4.66. The Hall–Kier alpha value is -4.77. The van der Waals surface area contributed by atoms with E-state index in [1.165, 1.54) is 13.2 Å². The Bertz CT molecular complexity index is 1530. The first-order valence-corrected chi connectivity index (χ1v) is 11.2. The molecule has 0 aliphatic heterocycles. The Balaban J connectivity index is 1.55. The first kappa shape index (κ1) is 22.0. The summed E-state index contributed by atoms with van der Waals surface area (Å²) in [5, 5.41) is 0. The van der Waals surface area contributed by atoms with E-state index in [0.717, 1.165) is 45.2 Å². The van der Waals surface area contributed by atoms with Gasteiger partial charge in [-0.2, -0.15) is 0 Å². The average Bonchev–Trinajstić information content (AvgIpc) is 3.36. The molecule has 0 fully saturated rings. The highest BCUT2D eigenvalue weighted by Crippen LogP contribution is 2.32. The van der Waals surface area contributed by atoms with Crippen molar-refractivity contribution in [3.05, 3.63) is 121 Å². The maximum absolute atomic E-state index is 12.3. The number of methoxy groups -OCH3 is 1. The van der Waals surface area contributed by atoms with Gasteiger partial charge in [0.05, 0.1) is 12.8 Å². The van der Waals surface area contributed by atoms with Crippen LogP contribution in [0.4, 0.5) is 0 Å². The van der Waals surface area contributed by atoms with E-state index in [2.05, 4.69) is 45.7 Å². The maximum Gasteiger partial charge on any atom is 0.330 e. The van der Waals surface area contributed by atoms with Crippen LogP contribution in [0.1, 0.15) is 10.4 Å². The lowest BCUT2D eigenvalue weighted by molar-refractivity contribution is -0.134. The summed E-state index contributed by atoms with van der Waals surface area (Å²) < 4.78 is 6.59. The molecule has 0 saturated carbocycles. The molecule has 2 heterocycles. The molecule has 0 amide bonds. The lowest BCUT2D eigenvalue weighted by Crippen LogP contribution is -1.98. The summed E-state index contributed by atoms with van der Waals surface area (Å²) in [5.41, 5.74) is 7.38. The topological polar surface area (TPSA) is 60.7 Å². The number of nitrogens with zero attached hydrogens (tertiary/aromatic N) is 2. The number of benzene rings is 3. The summed E-state index contributed by atoms with van der Waals surface area (Å²) >= 11 is 0. The zero-order valence-corrected chi connectivity index (χ0v) is 19.1. The van der Waals surface area contributed by atoms with Gasteiger partial charge in [0.25, 0.3) is 0 Å². The molecule has 0 aliphatic rings. The predicted octanol–water partition coefficient (Wildman–Crippen LogP) is 6.25. The van der Waals surface area contributed by atoms with Gasteiger partial charge in [-0.15, -0.1) is 0 Å². The molecule has 0 unspecified atom stereocenters. The first-order valence-electron chi connectivity index (χ1n) is 11.2. The molecule has 5 heteroatoms. The number of carbonyl (C=O) groups is 2. The van der Waals surface area contributed by atoms with Gasteiger partial charge in [-0.3, -0.25) is 4.79 Å². The number of aromatic nitrogens is 2. The second-order valence-electron chi connectivity index (χ2n) is 8.03. The van der Waals surface area contributed by atoms with Crippen molar-refractivity contribution in [2.45, 2.75) is 0 Å². The molecule has 5 nitrogen and oxygen atoms in total. The van der Waals surface area contributed by atoms with Gasteiger partial charge in [0, 0.05) is 35.2 Å². The van der Waals surface area contributed by atoms with E-state index in [-0.39, 0.29) is 5.78 Å². The molecular formula is C30H22N2O3. The largest absolute Gasteiger partial charge is 0.466 e. The Morgan fingerprint density at radius 3 is 2.06 bits per heavy atom. The molecule has 35 heavy (non-hydrogen) atoms. The van der Waals surface area contributed by atoms with Gasteiger partial charge in [-0.25, -0.2) is 9.78 Å². The molecule has 170 valence electrons. The molecule has 2 aromatic heterocycles. The van der Waals surface area contributed by atoms with Crippen LogP contribution in [0.15, 0.2) is 116 Å². The second-order valence-corrected chi connectivity index (χ2v) is 8.03. The standard InChI is InChI=1S/C30H22N2O3/c1-35-29(34)17-16-28(33)24-14-12-23(13-15-24)27-20-32-19-25(21-8-4-2-5-9-21)18-26(30(32)31-27)22-10-6-3-7-11-22/h2-20H,1H3. The van der Waals surface area contributed by atoms with Crippen molar-refractivity contribution in [3.63, 3.8) is 0 Å². The fourth-order valence-corrected chi connectivity index (χ4v) is 3.97. The molecule has 0 atom stereocenters. The van der Waals surface area contributed by atoms with Crippen molar-refractivity contribution in [1.82, 2.24) is 9.38 Å². The van der Waals surface area contributed by atoms with E-state index < -0.39 is 5.97 Å². The van der Waals surface area contributed by atoms with Crippen molar-refractivity contribution in [2.24, 2.45) is 0 Å². The minimum Gasteiger partial charge on any atom is -0.466 e. The summed E-state index contributed by atoms with van der Waals surface area (Å²) in [6.45, 7) is 0. The first-order chi connectivity index (χ1) is 17.1. The number of hydrogen-bond donors (Lipinski definition) is 0. The highest BCUT2D eigenvalue weighted by atomic mass is 16.5. The summed E-state index contributed by atoms with van der Waals surface area (Å²) in [6.07, 6.45) is 6.42. The predicted molar refractivity (Wildman–Crippen MR) is 137 cm³/mol. The van der Waals surface area contributed by atoms with Gasteiger partial charge in [0.2, 0.25) is 0 Å². The number of ketones is 1. The minimum absolute atomic E-state index is 0.268. The number of hydrogen-bond acceptors (Lipinski definition) is 4. The van der Waals surface area contributed by atoms with Crippen molar-refractivity contribution in [3.8, 4) is 33.5 Å². The van der Waals surface area contributed by atoms with Gasteiger partial charge in [-0.1, -0.05) is 84.9 Å². The van der Waals surface area contributed by atoms with Crippen molar-refractivity contribution >= 4 is 17.4 Å². The van der Waals surface area contributed by atoms with Crippen LogP contribution in [0.5, 0.6) is 0 Å². The van der Waals surface area contributed by atoms with E-state index in [4.69, 9.17) is 4.98 Å². The number of imidazole rings is 1. The Morgan fingerprint density at radius 1 is 0.743 bits per heavy atom. The molecular weight excluding hydrogens is 436 g/mol. The van der Waals surface area contributed by atoms with Crippen LogP contribution in [0.3, 0.4) is 0 Å². The van der Waals surface area contributed by atoms with Crippen molar-refractivity contribution in [2.75, 3.05) is 7.11 Å². The van der Waals surface area contributed by atoms with E-state index in [0.29, 0.717) is 5.56 Å². The van der Waals surface area contributed by atoms with E-state index in [9.17, 15) is 9.59 Å². The van der Waals surface area contributed by atoms with Crippen LogP contribution in [0.25, 0.3) is 39.2 Å². The van der Waals surface area contributed by atoms with Crippen LogP contribution >= 0.6 is 0 Å². The summed E-state index contributed by atoms with van der Waals surface area (Å²) in [7, 11) is 1.27. The van der Waals surface area contributed by atoms with Crippen molar-refractivity contribution in [1.29, 1.82) is 0 Å². The normalized spacial score (nSPS) is 11.1. The number of pyridine rings is 1. The van der Waals surface area contributed by atoms with Crippen LogP contribution < -0.4 is 0 Å². The van der Waals surface area contributed by atoms with Gasteiger partial charge < -0.3 is 9.14 Å². The summed E-state index contributed by atoms with van der Waals surface area (Å²) in [6, 6.07) is 29.8. The molecule has 0 radical (unpaired) electrons. The fourth-order valence-electron chi connectivity index (χ4n) is 3.97. The molecule has 0 N–H and O–H groups in total. The van der Waals surface area contributed by atoms with E-state index in [1.54, 1.807) is 12.1 Å². The molecule has 3 aromatic carbocycles.